The molecule has 1 saturated carbocycles. The Bertz CT molecular complexity index is 409. The van der Waals surface area contributed by atoms with Crippen molar-refractivity contribution in [2.24, 2.45) is 0 Å². The number of fused-ring (bicyclic) bond motifs is 2. The topological polar surface area (TPSA) is 29.1 Å². The van der Waals surface area contributed by atoms with Gasteiger partial charge >= 0.3 is 0 Å². The smallest absolute Gasteiger partial charge is 0.235 e. The lowest BCUT2D eigenvalue weighted by molar-refractivity contribution is -0.117. The van der Waals surface area contributed by atoms with Crippen molar-refractivity contribution in [3.63, 3.8) is 0 Å². The maximum Gasteiger partial charge on any atom is 0.235 e. The van der Waals surface area contributed by atoms with E-state index in [1.54, 1.807) is 0 Å². The van der Waals surface area contributed by atoms with Crippen LogP contribution in [0.5, 0.6) is 0 Å². The maximum absolute atomic E-state index is 11.6. The summed E-state index contributed by atoms with van der Waals surface area (Å²) in [6, 6.07) is 5.99. The second kappa shape index (κ2) is 2.15. The molecule has 1 aromatic rings. The lowest BCUT2D eigenvalue weighted by Crippen LogP contribution is -2.18. The number of anilines is 1. The maximum atomic E-state index is 11.6. The Morgan fingerprint density at radius 2 is 2.15 bits per heavy atom. The van der Waals surface area contributed by atoms with E-state index in [1.165, 1.54) is 5.56 Å². The standard InChI is InChI=1S/C10H8BrNO/c11-7-3-1-2-6-8(7)12-9(13)10(6)4-5-10/h1-3H,4-5H2,(H,12,13). The minimum Gasteiger partial charge on any atom is -0.324 e. The second-order valence-electron chi connectivity index (χ2n) is 3.70. The third kappa shape index (κ3) is 0.804. The zero-order valence-electron chi connectivity index (χ0n) is 6.93. The molecule has 1 aliphatic heterocycles. The normalized spacial score (nSPS) is 21.5. The largest absolute Gasteiger partial charge is 0.324 e. The lowest BCUT2D eigenvalue weighted by Gasteiger charge is -2.03. The van der Waals surface area contributed by atoms with Crippen molar-refractivity contribution in [1.82, 2.24) is 0 Å². The molecule has 13 heavy (non-hydrogen) atoms. The number of halogens is 1. The average Bonchev–Trinajstić information content (AvgIpc) is 2.83. The lowest BCUT2D eigenvalue weighted by atomic mass is 9.98. The summed E-state index contributed by atoms with van der Waals surface area (Å²) >= 11 is 3.44. The van der Waals surface area contributed by atoms with Crippen molar-refractivity contribution in [3.8, 4) is 0 Å². The summed E-state index contributed by atoms with van der Waals surface area (Å²) in [4.78, 5) is 11.6. The average molecular weight is 238 g/mol. The molecule has 3 rings (SSSR count). The van der Waals surface area contributed by atoms with Crippen LogP contribution in [-0.2, 0) is 10.2 Å². The number of carbonyl (C=O) groups is 1. The van der Waals surface area contributed by atoms with Gasteiger partial charge in [0.05, 0.1) is 11.1 Å². The fourth-order valence-corrected chi connectivity index (χ4v) is 2.49. The molecular formula is C10H8BrNO. The first-order valence-corrected chi connectivity index (χ1v) is 5.14. The van der Waals surface area contributed by atoms with Crippen LogP contribution in [0.15, 0.2) is 22.7 Å². The Kier molecular flexibility index (Phi) is 1.25. The van der Waals surface area contributed by atoms with Gasteiger partial charge in [0.15, 0.2) is 0 Å². The third-order valence-electron chi connectivity index (χ3n) is 2.95. The molecule has 1 spiro atoms. The van der Waals surface area contributed by atoms with Crippen molar-refractivity contribution in [2.75, 3.05) is 5.32 Å². The molecule has 2 aliphatic rings. The molecule has 3 heteroatoms. The highest BCUT2D eigenvalue weighted by atomic mass is 79.9. The van der Waals surface area contributed by atoms with Crippen LogP contribution >= 0.6 is 15.9 Å². The Hall–Kier alpha value is -0.830. The molecule has 66 valence electrons. The number of benzene rings is 1. The summed E-state index contributed by atoms with van der Waals surface area (Å²) < 4.78 is 0.988. The van der Waals surface area contributed by atoms with Gasteiger partial charge in [0.25, 0.3) is 0 Å². The zero-order chi connectivity index (χ0) is 9.05. The van der Waals surface area contributed by atoms with E-state index in [0.717, 1.165) is 23.0 Å². The molecule has 1 N–H and O–H groups in total. The van der Waals surface area contributed by atoms with Crippen LogP contribution in [0.1, 0.15) is 18.4 Å². The summed E-state index contributed by atoms with van der Waals surface area (Å²) in [5.41, 5.74) is 2.00. The van der Waals surface area contributed by atoms with Crippen LogP contribution in [0.2, 0.25) is 0 Å². The van der Waals surface area contributed by atoms with E-state index in [1.807, 2.05) is 18.2 Å². The monoisotopic (exact) mass is 237 g/mol. The van der Waals surface area contributed by atoms with E-state index in [-0.39, 0.29) is 11.3 Å². The van der Waals surface area contributed by atoms with Gasteiger partial charge in [-0.2, -0.15) is 0 Å². The number of nitrogens with one attached hydrogen (secondary N) is 1. The van der Waals surface area contributed by atoms with Crippen LogP contribution in [0.25, 0.3) is 0 Å². The molecule has 0 bridgehead atoms. The Morgan fingerprint density at radius 3 is 2.85 bits per heavy atom. The van der Waals surface area contributed by atoms with Crippen molar-refractivity contribution in [2.45, 2.75) is 18.3 Å². The van der Waals surface area contributed by atoms with Gasteiger partial charge in [0, 0.05) is 4.47 Å². The predicted octanol–water partition coefficient (Wildman–Crippen LogP) is 2.43. The third-order valence-corrected chi connectivity index (χ3v) is 3.61. The van der Waals surface area contributed by atoms with E-state index in [0.29, 0.717) is 0 Å². The minimum atomic E-state index is -0.154. The Morgan fingerprint density at radius 1 is 1.38 bits per heavy atom. The highest BCUT2D eigenvalue weighted by Gasteiger charge is 2.56. The van der Waals surface area contributed by atoms with E-state index in [2.05, 4.69) is 21.2 Å². The second-order valence-corrected chi connectivity index (χ2v) is 4.55. The minimum absolute atomic E-state index is 0.154. The molecule has 0 radical (unpaired) electrons. The van der Waals surface area contributed by atoms with Crippen LogP contribution in [0.4, 0.5) is 5.69 Å². The van der Waals surface area contributed by atoms with Gasteiger partial charge in [0.2, 0.25) is 5.91 Å². The first kappa shape index (κ1) is 7.56. The van der Waals surface area contributed by atoms with E-state index >= 15 is 0 Å². The molecule has 1 amide bonds. The summed E-state index contributed by atoms with van der Waals surface area (Å²) in [7, 11) is 0. The van der Waals surface area contributed by atoms with Gasteiger partial charge in [-0.1, -0.05) is 12.1 Å². The first-order valence-electron chi connectivity index (χ1n) is 4.34. The van der Waals surface area contributed by atoms with Crippen LogP contribution in [-0.4, -0.2) is 5.91 Å². The van der Waals surface area contributed by atoms with E-state index in [9.17, 15) is 4.79 Å². The highest BCUT2D eigenvalue weighted by Crippen LogP contribution is 2.56. The Balaban J connectivity index is 2.28. The van der Waals surface area contributed by atoms with Gasteiger partial charge < -0.3 is 5.32 Å². The number of carbonyl (C=O) groups excluding carboxylic acids is 1. The molecular weight excluding hydrogens is 230 g/mol. The molecule has 1 aliphatic carbocycles. The molecule has 0 atom stereocenters. The zero-order valence-corrected chi connectivity index (χ0v) is 8.52. The molecule has 1 fully saturated rings. The molecule has 0 aromatic heterocycles. The van der Waals surface area contributed by atoms with Crippen molar-refractivity contribution in [3.05, 3.63) is 28.2 Å². The SMILES string of the molecule is O=C1Nc2c(Br)cccc2C12CC2. The molecule has 0 saturated heterocycles. The fraction of sp³-hybridized carbons (Fsp3) is 0.300. The van der Waals surface area contributed by atoms with Crippen molar-refractivity contribution < 1.29 is 4.79 Å². The first-order chi connectivity index (χ1) is 6.24. The number of hydrogen-bond acceptors (Lipinski definition) is 1. The van der Waals surface area contributed by atoms with Crippen LogP contribution in [0, 0.1) is 0 Å². The summed E-state index contributed by atoms with van der Waals surface area (Å²) in [6.45, 7) is 0. The number of amides is 1. The fourth-order valence-electron chi connectivity index (χ4n) is 2.03. The predicted molar refractivity (Wildman–Crippen MR) is 53.7 cm³/mol. The quantitative estimate of drug-likeness (QED) is 0.738. The number of hydrogen-bond donors (Lipinski definition) is 1. The van der Waals surface area contributed by atoms with Crippen LogP contribution in [0.3, 0.4) is 0 Å². The van der Waals surface area contributed by atoms with Gasteiger partial charge in [-0.05, 0) is 40.4 Å². The number of rotatable bonds is 0. The van der Waals surface area contributed by atoms with Gasteiger partial charge in [-0.3, -0.25) is 4.79 Å². The van der Waals surface area contributed by atoms with Crippen LogP contribution < -0.4 is 5.32 Å². The Labute approximate surface area is 84.5 Å². The van der Waals surface area contributed by atoms with Crippen molar-refractivity contribution in [1.29, 1.82) is 0 Å². The van der Waals surface area contributed by atoms with Gasteiger partial charge in [0.1, 0.15) is 0 Å². The molecule has 0 unspecified atom stereocenters. The van der Waals surface area contributed by atoms with Crippen molar-refractivity contribution >= 4 is 27.5 Å². The number of para-hydroxylation sites is 1. The highest BCUT2D eigenvalue weighted by molar-refractivity contribution is 9.10. The molecule has 2 nitrogen and oxygen atoms in total. The van der Waals surface area contributed by atoms with Gasteiger partial charge in [-0.15, -0.1) is 0 Å². The van der Waals surface area contributed by atoms with E-state index in [4.69, 9.17) is 0 Å². The summed E-state index contributed by atoms with van der Waals surface area (Å²) in [6.07, 6.45) is 2.00. The molecule has 1 heterocycles. The summed E-state index contributed by atoms with van der Waals surface area (Å²) in [5, 5.41) is 2.93. The summed E-state index contributed by atoms with van der Waals surface area (Å²) in [5.74, 6) is 0.175. The van der Waals surface area contributed by atoms with E-state index < -0.39 is 0 Å². The van der Waals surface area contributed by atoms with Gasteiger partial charge in [-0.25, -0.2) is 0 Å². The molecule has 1 aromatic carbocycles.